The summed E-state index contributed by atoms with van der Waals surface area (Å²) in [6, 6.07) is 7.94. The molecule has 0 radical (unpaired) electrons. The van der Waals surface area contributed by atoms with Gasteiger partial charge in [-0.25, -0.2) is 0 Å². The summed E-state index contributed by atoms with van der Waals surface area (Å²) in [4.78, 5) is 12.9. The van der Waals surface area contributed by atoms with E-state index in [4.69, 9.17) is 4.74 Å². The summed E-state index contributed by atoms with van der Waals surface area (Å²) in [7, 11) is 0. The second-order valence-electron chi connectivity index (χ2n) is 6.45. The van der Waals surface area contributed by atoms with E-state index in [-0.39, 0.29) is 23.7 Å². The lowest BCUT2D eigenvalue weighted by Crippen LogP contribution is -2.47. The minimum absolute atomic E-state index is 0. The molecule has 1 amide bonds. The number of rotatable bonds is 5. The van der Waals surface area contributed by atoms with Crippen molar-refractivity contribution in [3.8, 4) is 5.75 Å². The third-order valence-electron chi connectivity index (χ3n) is 5.20. The minimum atomic E-state index is -0.182. The Morgan fingerprint density at radius 2 is 2.22 bits per heavy atom. The van der Waals surface area contributed by atoms with E-state index >= 15 is 0 Å². The number of amides is 1. The van der Waals surface area contributed by atoms with E-state index in [1.54, 1.807) is 0 Å². The zero-order valence-electron chi connectivity index (χ0n) is 13.8. The van der Waals surface area contributed by atoms with E-state index < -0.39 is 0 Å². The molecule has 1 aromatic rings. The number of halogens is 1. The lowest BCUT2D eigenvalue weighted by Gasteiger charge is -2.37. The minimum Gasteiger partial charge on any atom is -0.494 e. The van der Waals surface area contributed by atoms with Crippen LogP contribution in [-0.2, 0) is 11.3 Å². The van der Waals surface area contributed by atoms with Crippen molar-refractivity contribution in [3.63, 3.8) is 0 Å². The number of hydrogen-bond acceptors (Lipinski definition) is 3. The molecule has 2 aliphatic rings. The molecule has 3 rings (SSSR count). The topological polar surface area (TPSA) is 50.4 Å². The first-order valence-corrected chi connectivity index (χ1v) is 8.46. The summed E-state index contributed by atoms with van der Waals surface area (Å²) in [5.41, 5.74) is 0.867. The Hall–Kier alpha value is -1.26. The molecule has 0 aromatic heterocycles. The molecule has 23 heavy (non-hydrogen) atoms. The van der Waals surface area contributed by atoms with E-state index in [9.17, 15) is 4.79 Å². The van der Waals surface area contributed by atoms with Crippen molar-refractivity contribution in [2.75, 3.05) is 19.7 Å². The van der Waals surface area contributed by atoms with Crippen molar-refractivity contribution in [2.24, 2.45) is 11.3 Å². The van der Waals surface area contributed by atoms with Gasteiger partial charge in [-0.3, -0.25) is 4.79 Å². The molecule has 128 valence electrons. The monoisotopic (exact) mass is 338 g/mol. The van der Waals surface area contributed by atoms with Gasteiger partial charge in [0.05, 0.1) is 12.0 Å². The molecule has 4 nitrogen and oxygen atoms in total. The number of carbonyl (C=O) groups excluding carboxylic acids is 1. The molecule has 2 fully saturated rings. The van der Waals surface area contributed by atoms with Crippen LogP contribution in [0.5, 0.6) is 5.75 Å². The molecule has 1 aliphatic heterocycles. The van der Waals surface area contributed by atoms with E-state index in [1.807, 2.05) is 31.2 Å². The predicted octanol–water partition coefficient (Wildman–Crippen LogP) is 2.90. The van der Waals surface area contributed by atoms with Gasteiger partial charge in [0, 0.05) is 18.7 Å². The standard InChI is InChI=1S/C18H26N2O2.ClH/c1-2-22-16-9-4-3-7-14(16)11-20-17(21)18-10-6-5-8-15(18)12-19-13-18;/h3-4,7,9,15,19H,2,5-6,8,10-13H2,1H3,(H,20,21);1H/t15-,18+;/m0./s1. The number of fused-ring (bicyclic) bond motifs is 1. The van der Waals surface area contributed by atoms with Crippen molar-refractivity contribution < 1.29 is 9.53 Å². The lowest BCUT2D eigenvalue weighted by atomic mass is 9.67. The molecule has 0 spiro atoms. The van der Waals surface area contributed by atoms with Gasteiger partial charge in [-0.1, -0.05) is 31.0 Å². The number of para-hydroxylation sites is 1. The van der Waals surface area contributed by atoms with E-state index in [0.29, 0.717) is 19.1 Å². The van der Waals surface area contributed by atoms with Gasteiger partial charge in [0.15, 0.2) is 0 Å². The molecule has 0 bridgehead atoms. The Labute approximate surface area is 144 Å². The molecular weight excluding hydrogens is 312 g/mol. The molecule has 2 N–H and O–H groups in total. The zero-order chi connectivity index (χ0) is 15.4. The normalized spacial score (nSPS) is 26.0. The van der Waals surface area contributed by atoms with E-state index in [1.165, 1.54) is 19.3 Å². The van der Waals surface area contributed by atoms with Crippen LogP contribution in [0.2, 0.25) is 0 Å². The third-order valence-corrected chi connectivity index (χ3v) is 5.20. The molecule has 1 heterocycles. The quantitative estimate of drug-likeness (QED) is 0.868. The van der Waals surface area contributed by atoms with Gasteiger partial charge in [0.2, 0.25) is 5.91 Å². The number of nitrogens with one attached hydrogen (secondary N) is 2. The van der Waals surface area contributed by atoms with Gasteiger partial charge in [0.25, 0.3) is 0 Å². The van der Waals surface area contributed by atoms with Gasteiger partial charge >= 0.3 is 0 Å². The SMILES string of the molecule is CCOc1ccccc1CNC(=O)[C@@]12CCCC[C@H]1CNC2.Cl. The second-order valence-corrected chi connectivity index (χ2v) is 6.45. The number of benzene rings is 1. The van der Waals surface area contributed by atoms with Crippen LogP contribution in [0, 0.1) is 11.3 Å². The lowest BCUT2D eigenvalue weighted by molar-refractivity contribution is -0.134. The first kappa shape index (κ1) is 18.1. The molecule has 1 saturated heterocycles. The van der Waals surface area contributed by atoms with E-state index in [2.05, 4.69) is 10.6 Å². The average molecular weight is 339 g/mol. The Balaban J connectivity index is 0.00000192. The predicted molar refractivity (Wildman–Crippen MR) is 94.0 cm³/mol. The first-order valence-electron chi connectivity index (χ1n) is 8.46. The molecule has 1 aromatic carbocycles. The molecule has 1 aliphatic carbocycles. The van der Waals surface area contributed by atoms with Crippen LogP contribution < -0.4 is 15.4 Å². The Kier molecular flexibility index (Phi) is 6.31. The van der Waals surface area contributed by atoms with Crippen molar-refractivity contribution in [3.05, 3.63) is 29.8 Å². The molecule has 2 atom stereocenters. The van der Waals surface area contributed by atoms with Gasteiger partial charge in [-0.15, -0.1) is 12.4 Å². The second kappa shape index (κ2) is 8.02. The highest BCUT2D eigenvalue weighted by Crippen LogP contribution is 2.43. The van der Waals surface area contributed by atoms with Crippen LogP contribution in [0.15, 0.2) is 24.3 Å². The highest BCUT2D eigenvalue weighted by molar-refractivity contribution is 5.85. The highest BCUT2D eigenvalue weighted by atomic mass is 35.5. The first-order chi connectivity index (χ1) is 10.8. The Morgan fingerprint density at radius 3 is 3.04 bits per heavy atom. The maximum absolute atomic E-state index is 12.9. The van der Waals surface area contributed by atoms with Gasteiger partial charge in [-0.05, 0) is 38.3 Å². The number of hydrogen-bond donors (Lipinski definition) is 2. The molecule has 1 saturated carbocycles. The Bertz CT molecular complexity index is 538. The summed E-state index contributed by atoms with van der Waals surface area (Å²) < 4.78 is 5.64. The smallest absolute Gasteiger partial charge is 0.228 e. The third kappa shape index (κ3) is 3.64. The summed E-state index contributed by atoms with van der Waals surface area (Å²) >= 11 is 0. The van der Waals surface area contributed by atoms with Crippen LogP contribution in [0.25, 0.3) is 0 Å². The maximum atomic E-state index is 12.9. The number of ether oxygens (including phenoxy) is 1. The zero-order valence-corrected chi connectivity index (χ0v) is 14.6. The van der Waals surface area contributed by atoms with Crippen LogP contribution in [0.1, 0.15) is 38.2 Å². The van der Waals surface area contributed by atoms with Crippen molar-refractivity contribution in [2.45, 2.75) is 39.2 Å². The largest absolute Gasteiger partial charge is 0.494 e. The molecule has 5 heteroatoms. The van der Waals surface area contributed by atoms with Gasteiger partial charge < -0.3 is 15.4 Å². The van der Waals surface area contributed by atoms with Crippen molar-refractivity contribution in [1.29, 1.82) is 0 Å². The van der Waals surface area contributed by atoms with Crippen molar-refractivity contribution >= 4 is 18.3 Å². The van der Waals surface area contributed by atoms with Crippen LogP contribution >= 0.6 is 12.4 Å². The molecule has 0 unspecified atom stereocenters. The van der Waals surface area contributed by atoms with Crippen LogP contribution in [-0.4, -0.2) is 25.6 Å². The Morgan fingerprint density at radius 1 is 1.39 bits per heavy atom. The van der Waals surface area contributed by atoms with Gasteiger partial charge in [0.1, 0.15) is 5.75 Å². The fourth-order valence-electron chi connectivity index (χ4n) is 3.99. The summed E-state index contributed by atoms with van der Waals surface area (Å²) in [6.07, 6.45) is 4.62. The molecular formula is C18H27ClN2O2. The fourth-order valence-corrected chi connectivity index (χ4v) is 3.99. The van der Waals surface area contributed by atoms with Crippen LogP contribution in [0.3, 0.4) is 0 Å². The summed E-state index contributed by atoms with van der Waals surface area (Å²) in [5, 5.41) is 6.60. The maximum Gasteiger partial charge on any atom is 0.228 e. The van der Waals surface area contributed by atoms with E-state index in [0.717, 1.165) is 30.8 Å². The van der Waals surface area contributed by atoms with Crippen molar-refractivity contribution in [1.82, 2.24) is 10.6 Å². The summed E-state index contributed by atoms with van der Waals surface area (Å²) in [6.45, 7) is 4.98. The fraction of sp³-hybridized carbons (Fsp3) is 0.611. The van der Waals surface area contributed by atoms with Gasteiger partial charge in [-0.2, -0.15) is 0 Å². The number of carbonyl (C=O) groups is 1. The van der Waals surface area contributed by atoms with Crippen LogP contribution in [0.4, 0.5) is 0 Å². The highest BCUT2D eigenvalue weighted by Gasteiger charge is 2.49. The summed E-state index contributed by atoms with van der Waals surface area (Å²) in [5.74, 6) is 1.59. The average Bonchev–Trinajstić information content (AvgIpc) is 2.99.